The minimum absolute atomic E-state index is 0.119. The molecular formula is C13H27NO. The average molecular weight is 213 g/mol. The number of Topliss-reactive ketones (excluding diaryl/α,β-unsaturated/α-hetero) is 1. The van der Waals surface area contributed by atoms with Crippen LogP contribution in [0.5, 0.6) is 0 Å². The van der Waals surface area contributed by atoms with E-state index in [1.807, 2.05) is 6.92 Å². The summed E-state index contributed by atoms with van der Waals surface area (Å²) < 4.78 is 0. The molecule has 0 spiro atoms. The van der Waals surface area contributed by atoms with E-state index in [0.29, 0.717) is 12.2 Å². The number of hydrogen-bond acceptors (Lipinski definition) is 2. The molecule has 0 rings (SSSR count). The van der Waals surface area contributed by atoms with Crippen molar-refractivity contribution in [3.05, 3.63) is 0 Å². The van der Waals surface area contributed by atoms with Crippen LogP contribution in [0.1, 0.15) is 59.8 Å². The summed E-state index contributed by atoms with van der Waals surface area (Å²) in [4.78, 5) is 14.0. The highest BCUT2D eigenvalue weighted by Gasteiger charge is 2.18. The fraction of sp³-hybridized carbons (Fsp3) is 0.923. The molecule has 0 aromatic carbocycles. The van der Waals surface area contributed by atoms with Gasteiger partial charge in [0.15, 0.2) is 0 Å². The third kappa shape index (κ3) is 5.93. The van der Waals surface area contributed by atoms with Crippen molar-refractivity contribution in [2.75, 3.05) is 13.1 Å². The fourth-order valence-corrected chi connectivity index (χ4v) is 1.72. The Kier molecular flexibility index (Phi) is 8.68. The second-order valence-electron chi connectivity index (χ2n) is 4.24. The van der Waals surface area contributed by atoms with Gasteiger partial charge in [0.2, 0.25) is 0 Å². The zero-order valence-electron chi connectivity index (χ0n) is 10.9. The summed E-state index contributed by atoms with van der Waals surface area (Å²) in [5.41, 5.74) is 0. The second-order valence-corrected chi connectivity index (χ2v) is 4.24. The molecule has 1 atom stereocenters. The predicted molar refractivity (Wildman–Crippen MR) is 66.1 cm³/mol. The molecule has 0 N–H and O–H groups in total. The van der Waals surface area contributed by atoms with Gasteiger partial charge in [0, 0.05) is 6.42 Å². The van der Waals surface area contributed by atoms with Crippen molar-refractivity contribution in [3.63, 3.8) is 0 Å². The Hall–Kier alpha value is -0.370. The first-order valence-corrected chi connectivity index (χ1v) is 6.44. The minimum Gasteiger partial charge on any atom is -0.298 e. The molecule has 2 heteroatoms. The number of carbonyl (C=O) groups excluding carboxylic acids is 1. The number of unbranched alkanes of at least 4 members (excludes halogenated alkanes) is 2. The van der Waals surface area contributed by atoms with E-state index < -0.39 is 0 Å². The van der Waals surface area contributed by atoms with Crippen molar-refractivity contribution < 1.29 is 4.79 Å². The molecule has 0 saturated carbocycles. The predicted octanol–water partition coefficient (Wildman–Crippen LogP) is 3.26. The first-order valence-electron chi connectivity index (χ1n) is 6.44. The lowest BCUT2D eigenvalue weighted by molar-refractivity contribution is -0.123. The summed E-state index contributed by atoms with van der Waals surface area (Å²) in [6.07, 6.45) is 5.47. The van der Waals surface area contributed by atoms with Gasteiger partial charge in [0.25, 0.3) is 0 Å². The van der Waals surface area contributed by atoms with Gasteiger partial charge >= 0.3 is 0 Å². The summed E-state index contributed by atoms with van der Waals surface area (Å²) >= 11 is 0. The first kappa shape index (κ1) is 14.6. The van der Waals surface area contributed by atoms with Gasteiger partial charge in [-0.3, -0.25) is 9.69 Å². The van der Waals surface area contributed by atoms with E-state index in [9.17, 15) is 4.79 Å². The van der Waals surface area contributed by atoms with Crippen LogP contribution >= 0.6 is 0 Å². The molecule has 0 radical (unpaired) electrons. The van der Waals surface area contributed by atoms with Crippen molar-refractivity contribution in [3.8, 4) is 0 Å². The van der Waals surface area contributed by atoms with E-state index in [2.05, 4.69) is 25.7 Å². The lowest BCUT2D eigenvalue weighted by Crippen LogP contribution is -2.40. The quantitative estimate of drug-likeness (QED) is 0.586. The molecule has 0 aliphatic carbocycles. The Balaban J connectivity index is 4.12. The lowest BCUT2D eigenvalue weighted by atomic mass is 10.1. The Bertz CT molecular complexity index is 160. The largest absolute Gasteiger partial charge is 0.298 e. The van der Waals surface area contributed by atoms with Gasteiger partial charge < -0.3 is 0 Å². The summed E-state index contributed by atoms with van der Waals surface area (Å²) in [7, 11) is 0. The number of ketones is 1. The molecule has 1 unspecified atom stereocenters. The maximum absolute atomic E-state index is 11.6. The number of rotatable bonds is 9. The second kappa shape index (κ2) is 8.90. The zero-order valence-corrected chi connectivity index (χ0v) is 10.9. The Morgan fingerprint density at radius 3 is 1.87 bits per heavy atom. The highest BCUT2D eigenvalue weighted by molar-refractivity contribution is 5.83. The molecule has 0 heterocycles. The van der Waals surface area contributed by atoms with Gasteiger partial charge in [0.05, 0.1) is 6.04 Å². The molecule has 0 aliphatic rings. The van der Waals surface area contributed by atoms with Crippen LogP contribution in [0.25, 0.3) is 0 Å². The Morgan fingerprint density at radius 2 is 1.53 bits per heavy atom. The smallest absolute Gasteiger partial charge is 0.149 e. The third-order valence-electron chi connectivity index (χ3n) is 2.96. The molecule has 0 aliphatic heterocycles. The molecule has 2 nitrogen and oxygen atoms in total. The Morgan fingerprint density at radius 1 is 1.07 bits per heavy atom. The molecule has 0 bridgehead atoms. The standard InChI is InChI=1S/C13H27NO/c1-5-8-10-14(11-9-6-2)12(4)13(15)7-3/h12H,5-11H2,1-4H3. The summed E-state index contributed by atoms with van der Waals surface area (Å²) in [6.45, 7) is 10.6. The van der Waals surface area contributed by atoms with Crippen molar-refractivity contribution in [2.24, 2.45) is 0 Å². The molecule has 15 heavy (non-hydrogen) atoms. The van der Waals surface area contributed by atoms with Crippen LogP contribution in [-0.4, -0.2) is 29.8 Å². The monoisotopic (exact) mass is 213 g/mol. The van der Waals surface area contributed by atoms with E-state index in [4.69, 9.17) is 0 Å². The van der Waals surface area contributed by atoms with Gasteiger partial charge in [-0.25, -0.2) is 0 Å². The molecule has 0 aromatic rings. The molecule has 0 aromatic heterocycles. The lowest BCUT2D eigenvalue weighted by Gasteiger charge is -2.27. The van der Waals surface area contributed by atoms with Gasteiger partial charge in [-0.15, -0.1) is 0 Å². The van der Waals surface area contributed by atoms with Crippen molar-refractivity contribution in [1.82, 2.24) is 4.90 Å². The number of hydrogen-bond donors (Lipinski definition) is 0. The normalized spacial score (nSPS) is 13.1. The summed E-state index contributed by atoms with van der Waals surface area (Å²) in [5, 5.41) is 0. The molecule has 0 amide bonds. The molecule has 90 valence electrons. The summed E-state index contributed by atoms with van der Waals surface area (Å²) in [5.74, 6) is 0.377. The molecule has 0 saturated heterocycles. The topological polar surface area (TPSA) is 20.3 Å². The van der Waals surface area contributed by atoms with E-state index in [1.165, 1.54) is 25.7 Å². The van der Waals surface area contributed by atoms with E-state index in [-0.39, 0.29) is 6.04 Å². The van der Waals surface area contributed by atoms with E-state index >= 15 is 0 Å². The minimum atomic E-state index is 0.119. The van der Waals surface area contributed by atoms with Crippen LogP contribution in [0.4, 0.5) is 0 Å². The average Bonchev–Trinajstić information content (AvgIpc) is 2.27. The van der Waals surface area contributed by atoms with Gasteiger partial charge in [-0.1, -0.05) is 33.6 Å². The molecular weight excluding hydrogens is 186 g/mol. The van der Waals surface area contributed by atoms with E-state index in [0.717, 1.165) is 13.1 Å². The fourth-order valence-electron chi connectivity index (χ4n) is 1.72. The van der Waals surface area contributed by atoms with Crippen LogP contribution < -0.4 is 0 Å². The molecule has 0 fully saturated rings. The van der Waals surface area contributed by atoms with Crippen LogP contribution in [0.3, 0.4) is 0 Å². The van der Waals surface area contributed by atoms with Gasteiger partial charge in [0.1, 0.15) is 5.78 Å². The van der Waals surface area contributed by atoms with Crippen LogP contribution in [-0.2, 0) is 4.79 Å². The van der Waals surface area contributed by atoms with Crippen molar-refractivity contribution in [1.29, 1.82) is 0 Å². The van der Waals surface area contributed by atoms with Gasteiger partial charge in [-0.2, -0.15) is 0 Å². The van der Waals surface area contributed by atoms with E-state index in [1.54, 1.807) is 0 Å². The summed E-state index contributed by atoms with van der Waals surface area (Å²) in [6, 6.07) is 0.119. The SMILES string of the molecule is CCCCN(CCCC)C(C)C(=O)CC. The van der Waals surface area contributed by atoms with Crippen LogP contribution in [0, 0.1) is 0 Å². The number of carbonyl (C=O) groups is 1. The highest BCUT2D eigenvalue weighted by atomic mass is 16.1. The zero-order chi connectivity index (χ0) is 11.7. The maximum atomic E-state index is 11.6. The number of nitrogens with zero attached hydrogens (tertiary/aromatic N) is 1. The van der Waals surface area contributed by atoms with Crippen LogP contribution in [0.15, 0.2) is 0 Å². The maximum Gasteiger partial charge on any atom is 0.149 e. The Labute approximate surface area is 95.0 Å². The van der Waals surface area contributed by atoms with Crippen molar-refractivity contribution >= 4 is 5.78 Å². The first-order chi connectivity index (χ1) is 7.17. The van der Waals surface area contributed by atoms with Crippen molar-refractivity contribution in [2.45, 2.75) is 65.8 Å². The van der Waals surface area contributed by atoms with Gasteiger partial charge in [-0.05, 0) is 32.9 Å². The third-order valence-corrected chi connectivity index (χ3v) is 2.96. The highest BCUT2D eigenvalue weighted by Crippen LogP contribution is 2.07. The van der Waals surface area contributed by atoms with Crippen LogP contribution in [0.2, 0.25) is 0 Å².